The van der Waals surface area contributed by atoms with Crippen LogP contribution in [-0.2, 0) is 4.79 Å². The second-order valence-corrected chi connectivity index (χ2v) is 5.32. The van der Waals surface area contributed by atoms with Crippen molar-refractivity contribution in [2.24, 2.45) is 5.92 Å². The zero-order chi connectivity index (χ0) is 15.8. The Morgan fingerprint density at radius 2 is 1.95 bits per heavy atom. The standard InChI is InChI=1S/C16H24N2O3/c1-5-17-15(19)12(4)18-16(20)13-7-6-8-14(9-13)21-10-11(2)3/h6-9,11-12H,5,10H2,1-4H3,(H,17,19)(H,18,20)/t12-/m1/s1. The molecular formula is C16H24N2O3. The molecule has 5 nitrogen and oxygen atoms in total. The van der Waals surface area contributed by atoms with Gasteiger partial charge in [0.05, 0.1) is 6.61 Å². The molecule has 0 saturated heterocycles. The lowest BCUT2D eigenvalue weighted by molar-refractivity contribution is -0.122. The van der Waals surface area contributed by atoms with Gasteiger partial charge in [-0.05, 0) is 38.0 Å². The number of carbonyl (C=O) groups excluding carboxylic acids is 2. The fourth-order valence-corrected chi connectivity index (χ4v) is 1.66. The number of hydrogen-bond donors (Lipinski definition) is 2. The molecule has 21 heavy (non-hydrogen) atoms. The van der Waals surface area contributed by atoms with Crippen molar-refractivity contribution in [1.29, 1.82) is 0 Å². The van der Waals surface area contributed by atoms with E-state index >= 15 is 0 Å². The van der Waals surface area contributed by atoms with E-state index in [0.717, 1.165) is 0 Å². The molecule has 0 aliphatic carbocycles. The number of carbonyl (C=O) groups is 2. The van der Waals surface area contributed by atoms with Crippen LogP contribution in [0.5, 0.6) is 5.75 Å². The normalized spacial score (nSPS) is 11.9. The first-order valence-corrected chi connectivity index (χ1v) is 7.25. The van der Waals surface area contributed by atoms with Gasteiger partial charge in [-0.3, -0.25) is 9.59 Å². The van der Waals surface area contributed by atoms with Crippen molar-refractivity contribution in [3.8, 4) is 5.75 Å². The lowest BCUT2D eigenvalue weighted by Gasteiger charge is -2.14. The van der Waals surface area contributed by atoms with Crippen LogP contribution in [0.4, 0.5) is 0 Å². The van der Waals surface area contributed by atoms with Crippen LogP contribution in [0.1, 0.15) is 38.1 Å². The lowest BCUT2D eigenvalue weighted by atomic mass is 10.2. The van der Waals surface area contributed by atoms with Crippen LogP contribution >= 0.6 is 0 Å². The summed E-state index contributed by atoms with van der Waals surface area (Å²) in [6.45, 7) is 8.75. The van der Waals surface area contributed by atoms with Crippen molar-refractivity contribution >= 4 is 11.8 Å². The average Bonchev–Trinajstić information content (AvgIpc) is 2.45. The molecule has 0 unspecified atom stereocenters. The van der Waals surface area contributed by atoms with E-state index in [1.807, 2.05) is 13.0 Å². The topological polar surface area (TPSA) is 67.4 Å². The number of hydrogen-bond acceptors (Lipinski definition) is 3. The third kappa shape index (κ3) is 5.85. The van der Waals surface area contributed by atoms with Crippen molar-refractivity contribution in [3.63, 3.8) is 0 Å². The Balaban J connectivity index is 2.65. The summed E-state index contributed by atoms with van der Waals surface area (Å²) in [7, 11) is 0. The molecule has 1 aromatic rings. The molecule has 0 radical (unpaired) electrons. The number of nitrogens with one attached hydrogen (secondary N) is 2. The van der Waals surface area contributed by atoms with Crippen molar-refractivity contribution in [1.82, 2.24) is 10.6 Å². The van der Waals surface area contributed by atoms with Gasteiger partial charge in [0.2, 0.25) is 5.91 Å². The van der Waals surface area contributed by atoms with Gasteiger partial charge in [0, 0.05) is 12.1 Å². The Morgan fingerprint density at radius 1 is 1.24 bits per heavy atom. The highest BCUT2D eigenvalue weighted by Gasteiger charge is 2.16. The molecule has 0 aromatic heterocycles. The number of ether oxygens (including phenoxy) is 1. The maximum atomic E-state index is 12.1. The highest BCUT2D eigenvalue weighted by molar-refractivity contribution is 5.97. The molecule has 0 fully saturated rings. The number of benzene rings is 1. The van der Waals surface area contributed by atoms with Gasteiger partial charge in [0.1, 0.15) is 11.8 Å². The summed E-state index contributed by atoms with van der Waals surface area (Å²) in [6, 6.07) is 6.38. The second-order valence-electron chi connectivity index (χ2n) is 5.32. The highest BCUT2D eigenvalue weighted by Crippen LogP contribution is 2.14. The predicted octanol–water partition coefficient (Wildman–Crippen LogP) is 1.98. The lowest BCUT2D eigenvalue weighted by Crippen LogP contribution is -2.44. The Bertz CT molecular complexity index is 486. The van der Waals surface area contributed by atoms with E-state index < -0.39 is 6.04 Å². The number of rotatable bonds is 7. The molecule has 1 atom stereocenters. The Morgan fingerprint density at radius 3 is 2.57 bits per heavy atom. The molecule has 1 rings (SSSR count). The first-order valence-electron chi connectivity index (χ1n) is 7.25. The molecule has 0 heterocycles. The minimum Gasteiger partial charge on any atom is -0.493 e. The SMILES string of the molecule is CCNC(=O)[C@@H](C)NC(=O)c1cccc(OCC(C)C)c1. The smallest absolute Gasteiger partial charge is 0.252 e. The fraction of sp³-hybridized carbons (Fsp3) is 0.500. The first-order chi connectivity index (χ1) is 9.93. The number of likely N-dealkylation sites (N-methyl/N-ethyl adjacent to an activating group) is 1. The largest absolute Gasteiger partial charge is 0.493 e. The second kappa shape index (κ2) is 8.29. The summed E-state index contributed by atoms with van der Waals surface area (Å²) in [5.74, 6) is 0.587. The highest BCUT2D eigenvalue weighted by atomic mass is 16.5. The summed E-state index contributed by atoms with van der Waals surface area (Å²) < 4.78 is 5.59. The molecule has 0 saturated carbocycles. The van der Waals surface area contributed by atoms with Crippen LogP contribution in [0.3, 0.4) is 0 Å². The average molecular weight is 292 g/mol. The van der Waals surface area contributed by atoms with Crippen LogP contribution in [-0.4, -0.2) is 31.0 Å². The molecule has 0 aliphatic rings. The summed E-state index contributed by atoms with van der Waals surface area (Å²) >= 11 is 0. The summed E-state index contributed by atoms with van der Waals surface area (Å²) in [4.78, 5) is 23.7. The fourth-order valence-electron chi connectivity index (χ4n) is 1.66. The van der Waals surface area contributed by atoms with E-state index in [9.17, 15) is 9.59 Å². The minimum absolute atomic E-state index is 0.196. The molecule has 1 aromatic carbocycles. The maximum Gasteiger partial charge on any atom is 0.252 e. The predicted molar refractivity (Wildman–Crippen MR) is 82.4 cm³/mol. The zero-order valence-electron chi connectivity index (χ0n) is 13.1. The Kier molecular flexibility index (Phi) is 6.72. The molecule has 5 heteroatoms. The van der Waals surface area contributed by atoms with Gasteiger partial charge in [-0.1, -0.05) is 19.9 Å². The van der Waals surface area contributed by atoms with E-state index in [1.165, 1.54) is 0 Å². The summed E-state index contributed by atoms with van der Waals surface area (Å²) in [6.07, 6.45) is 0. The van der Waals surface area contributed by atoms with Gasteiger partial charge in [0.15, 0.2) is 0 Å². The van der Waals surface area contributed by atoms with Gasteiger partial charge >= 0.3 is 0 Å². The van der Waals surface area contributed by atoms with E-state index in [4.69, 9.17) is 4.74 Å². The summed E-state index contributed by atoms with van der Waals surface area (Å²) in [5.41, 5.74) is 0.479. The van der Waals surface area contributed by atoms with Crippen LogP contribution in [0.2, 0.25) is 0 Å². The van der Waals surface area contributed by atoms with Gasteiger partial charge in [-0.15, -0.1) is 0 Å². The van der Waals surface area contributed by atoms with Crippen molar-refractivity contribution in [3.05, 3.63) is 29.8 Å². The molecule has 0 spiro atoms. The minimum atomic E-state index is -0.572. The zero-order valence-corrected chi connectivity index (χ0v) is 13.1. The van der Waals surface area contributed by atoms with E-state index in [1.54, 1.807) is 25.1 Å². The van der Waals surface area contributed by atoms with E-state index in [0.29, 0.717) is 30.4 Å². The van der Waals surface area contributed by atoms with Crippen molar-refractivity contribution < 1.29 is 14.3 Å². The Labute approximate surface area is 126 Å². The van der Waals surface area contributed by atoms with Crippen molar-refractivity contribution in [2.75, 3.05) is 13.2 Å². The van der Waals surface area contributed by atoms with Crippen LogP contribution in [0.25, 0.3) is 0 Å². The van der Waals surface area contributed by atoms with E-state index in [-0.39, 0.29) is 11.8 Å². The van der Waals surface area contributed by atoms with Crippen LogP contribution in [0.15, 0.2) is 24.3 Å². The van der Waals surface area contributed by atoms with Crippen molar-refractivity contribution in [2.45, 2.75) is 33.7 Å². The monoisotopic (exact) mass is 292 g/mol. The molecular weight excluding hydrogens is 268 g/mol. The Hall–Kier alpha value is -2.04. The third-order valence-corrected chi connectivity index (χ3v) is 2.77. The number of amides is 2. The quantitative estimate of drug-likeness (QED) is 0.807. The molecule has 2 amide bonds. The third-order valence-electron chi connectivity index (χ3n) is 2.77. The van der Waals surface area contributed by atoms with E-state index in [2.05, 4.69) is 24.5 Å². The van der Waals surface area contributed by atoms with Crippen LogP contribution in [0, 0.1) is 5.92 Å². The molecule has 2 N–H and O–H groups in total. The first kappa shape index (κ1) is 17.0. The molecule has 116 valence electrons. The maximum absolute atomic E-state index is 12.1. The van der Waals surface area contributed by atoms with Gasteiger partial charge in [0.25, 0.3) is 5.91 Å². The van der Waals surface area contributed by atoms with Gasteiger partial charge < -0.3 is 15.4 Å². The molecule has 0 bridgehead atoms. The van der Waals surface area contributed by atoms with Gasteiger partial charge in [-0.2, -0.15) is 0 Å². The van der Waals surface area contributed by atoms with Crippen LogP contribution < -0.4 is 15.4 Å². The molecule has 0 aliphatic heterocycles. The van der Waals surface area contributed by atoms with Gasteiger partial charge in [-0.25, -0.2) is 0 Å². The summed E-state index contributed by atoms with van der Waals surface area (Å²) in [5, 5.41) is 5.33.